The quantitative estimate of drug-likeness (QED) is 0.805. The lowest BCUT2D eigenvalue weighted by Gasteiger charge is -2.39. The van der Waals surface area contributed by atoms with Crippen LogP contribution in [0.1, 0.15) is 33.1 Å². The van der Waals surface area contributed by atoms with E-state index in [2.05, 4.69) is 5.32 Å². The smallest absolute Gasteiger partial charge is 0.155 e. The molecule has 4 nitrogen and oxygen atoms in total. The van der Waals surface area contributed by atoms with Crippen LogP contribution in [-0.4, -0.2) is 43.8 Å². The van der Waals surface area contributed by atoms with Crippen molar-refractivity contribution in [2.75, 3.05) is 26.9 Å². The molecule has 0 aromatic heterocycles. The maximum Gasteiger partial charge on any atom is 0.155 e. The Bertz CT molecular complexity index is 295. The zero-order valence-corrected chi connectivity index (χ0v) is 11.0. The van der Waals surface area contributed by atoms with E-state index in [0.29, 0.717) is 19.0 Å². The van der Waals surface area contributed by atoms with E-state index >= 15 is 0 Å². The molecule has 2 fully saturated rings. The lowest BCUT2D eigenvalue weighted by atomic mass is 9.78. The van der Waals surface area contributed by atoms with Gasteiger partial charge in [0.25, 0.3) is 0 Å². The average Bonchev–Trinajstić information content (AvgIpc) is 2.76. The van der Waals surface area contributed by atoms with E-state index in [1.165, 1.54) is 0 Å². The van der Waals surface area contributed by atoms with Crippen LogP contribution in [0.2, 0.25) is 0 Å². The maximum absolute atomic E-state index is 12.4. The van der Waals surface area contributed by atoms with Crippen LogP contribution < -0.4 is 5.32 Å². The van der Waals surface area contributed by atoms with Crippen LogP contribution >= 0.6 is 0 Å². The predicted octanol–water partition coefficient (Wildman–Crippen LogP) is 1.14. The van der Waals surface area contributed by atoms with E-state index in [4.69, 9.17) is 9.47 Å². The van der Waals surface area contributed by atoms with Crippen molar-refractivity contribution in [1.29, 1.82) is 0 Å². The van der Waals surface area contributed by atoms with Crippen molar-refractivity contribution >= 4 is 5.78 Å². The third-order valence-electron chi connectivity index (χ3n) is 4.17. The summed E-state index contributed by atoms with van der Waals surface area (Å²) in [7, 11) is 1.84. The van der Waals surface area contributed by atoms with Crippen LogP contribution in [0.5, 0.6) is 0 Å². The van der Waals surface area contributed by atoms with Crippen molar-refractivity contribution in [2.24, 2.45) is 5.92 Å². The largest absolute Gasteiger partial charge is 0.378 e. The van der Waals surface area contributed by atoms with Crippen LogP contribution in [0.3, 0.4) is 0 Å². The summed E-state index contributed by atoms with van der Waals surface area (Å²) in [6, 6.07) is 0. The minimum atomic E-state index is -0.442. The second kappa shape index (κ2) is 4.67. The van der Waals surface area contributed by atoms with Crippen molar-refractivity contribution in [2.45, 2.75) is 44.2 Å². The van der Waals surface area contributed by atoms with Gasteiger partial charge in [0, 0.05) is 25.6 Å². The normalized spacial score (nSPS) is 34.2. The molecule has 1 N–H and O–H groups in total. The number of ether oxygens (including phenoxy) is 2. The lowest BCUT2D eigenvalue weighted by molar-refractivity contribution is -0.141. The third kappa shape index (κ3) is 2.54. The molecule has 17 heavy (non-hydrogen) atoms. The molecule has 2 rings (SSSR count). The molecule has 0 aromatic carbocycles. The molecular formula is C13H23NO3. The van der Waals surface area contributed by atoms with Gasteiger partial charge in [-0.25, -0.2) is 0 Å². The highest BCUT2D eigenvalue weighted by Crippen LogP contribution is 2.37. The summed E-state index contributed by atoms with van der Waals surface area (Å²) >= 11 is 0. The molecule has 0 aromatic rings. The Hall–Kier alpha value is -0.450. The number of carbonyl (C=O) groups excluding carboxylic acids is 1. The van der Waals surface area contributed by atoms with Crippen LogP contribution in [0.25, 0.3) is 0 Å². The Kier molecular flexibility index (Phi) is 3.57. The Morgan fingerprint density at radius 1 is 1.41 bits per heavy atom. The number of Topliss-reactive ketones (excluding diaryl/α,β-unsaturated/α-hetero) is 1. The highest BCUT2D eigenvalue weighted by atomic mass is 16.6. The van der Waals surface area contributed by atoms with Gasteiger partial charge in [0.2, 0.25) is 0 Å². The molecule has 2 saturated heterocycles. The molecule has 98 valence electrons. The summed E-state index contributed by atoms with van der Waals surface area (Å²) < 4.78 is 11.3. The summed E-state index contributed by atoms with van der Waals surface area (Å²) in [4.78, 5) is 12.4. The van der Waals surface area contributed by atoms with Crippen LogP contribution in [0.15, 0.2) is 0 Å². The van der Waals surface area contributed by atoms with Gasteiger partial charge in [0.05, 0.1) is 17.7 Å². The number of ketones is 1. The molecular weight excluding hydrogens is 218 g/mol. The second-order valence-corrected chi connectivity index (χ2v) is 5.76. The van der Waals surface area contributed by atoms with E-state index in [0.717, 1.165) is 25.9 Å². The maximum atomic E-state index is 12.4. The monoisotopic (exact) mass is 241 g/mol. The van der Waals surface area contributed by atoms with Gasteiger partial charge in [-0.15, -0.1) is 0 Å². The molecule has 0 bridgehead atoms. The fourth-order valence-corrected chi connectivity index (χ4v) is 2.75. The van der Waals surface area contributed by atoms with Crippen molar-refractivity contribution < 1.29 is 14.3 Å². The molecule has 2 heterocycles. The lowest BCUT2D eigenvalue weighted by Crippen LogP contribution is -2.51. The second-order valence-electron chi connectivity index (χ2n) is 5.76. The van der Waals surface area contributed by atoms with E-state index < -0.39 is 5.54 Å². The molecule has 0 saturated carbocycles. The molecule has 2 atom stereocenters. The molecule has 0 amide bonds. The van der Waals surface area contributed by atoms with E-state index in [-0.39, 0.29) is 11.5 Å². The molecule has 0 radical (unpaired) electrons. The summed E-state index contributed by atoms with van der Waals surface area (Å²) in [6.07, 6.45) is 2.58. The third-order valence-corrected chi connectivity index (χ3v) is 4.17. The first-order valence-corrected chi connectivity index (χ1v) is 6.44. The number of carbonyl (C=O) groups is 1. The van der Waals surface area contributed by atoms with Gasteiger partial charge in [0.1, 0.15) is 0 Å². The van der Waals surface area contributed by atoms with Gasteiger partial charge >= 0.3 is 0 Å². The Morgan fingerprint density at radius 3 is 2.76 bits per heavy atom. The van der Waals surface area contributed by atoms with Gasteiger partial charge in [-0.2, -0.15) is 0 Å². The molecule has 1 spiro atoms. The SMILES string of the molecule is CNC(C)(C)C(=O)C1CCOC2(CCOC2)C1. The van der Waals surface area contributed by atoms with Crippen molar-refractivity contribution in [3.8, 4) is 0 Å². The Morgan fingerprint density at radius 2 is 2.18 bits per heavy atom. The summed E-state index contributed by atoms with van der Waals surface area (Å²) in [5.74, 6) is 0.405. The highest BCUT2D eigenvalue weighted by Gasteiger charge is 2.45. The van der Waals surface area contributed by atoms with Crippen molar-refractivity contribution in [3.05, 3.63) is 0 Å². The fraction of sp³-hybridized carbons (Fsp3) is 0.923. The first-order valence-electron chi connectivity index (χ1n) is 6.44. The van der Waals surface area contributed by atoms with Gasteiger partial charge < -0.3 is 14.8 Å². The number of rotatable bonds is 3. The zero-order chi connectivity index (χ0) is 12.5. The molecule has 0 aliphatic carbocycles. The minimum Gasteiger partial charge on any atom is -0.378 e. The van der Waals surface area contributed by atoms with Gasteiger partial charge in [-0.3, -0.25) is 4.79 Å². The van der Waals surface area contributed by atoms with E-state index in [1.54, 1.807) is 0 Å². The van der Waals surface area contributed by atoms with Crippen molar-refractivity contribution in [1.82, 2.24) is 5.32 Å². The Balaban J connectivity index is 2.04. The zero-order valence-electron chi connectivity index (χ0n) is 11.0. The molecule has 2 aliphatic rings. The average molecular weight is 241 g/mol. The fourth-order valence-electron chi connectivity index (χ4n) is 2.75. The highest BCUT2D eigenvalue weighted by molar-refractivity contribution is 5.89. The van der Waals surface area contributed by atoms with Crippen LogP contribution in [-0.2, 0) is 14.3 Å². The summed E-state index contributed by atoms with van der Waals surface area (Å²) in [6.45, 7) is 5.98. The first kappa shape index (κ1) is 13.0. The molecule has 2 unspecified atom stereocenters. The molecule has 4 heteroatoms. The van der Waals surface area contributed by atoms with E-state index in [1.807, 2.05) is 20.9 Å². The topological polar surface area (TPSA) is 47.6 Å². The standard InChI is InChI=1S/C13H23NO3/c1-12(2,14-3)11(15)10-4-6-17-13(8-10)5-7-16-9-13/h10,14H,4-9H2,1-3H3. The Labute approximate surface area is 103 Å². The summed E-state index contributed by atoms with van der Waals surface area (Å²) in [5.41, 5.74) is -0.620. The van der Waals surface area contributed by atoms with Gasteiger partial charge in [0.15, 0.2) is 5.78 Å². The van der Waals surface area contributed by atoms with Crippen LogP contribution in [0.4, 0.5) is 0 Å². The number of hydrogen-bond acceptors (Lipinski definition) is 4. The van der Waals surface area contributed by atoms with Crippen molar-refractivity contribution in [3.63, 3.8) is 0 Å². The predicted molar refractivity (Wildman–Crippen MR) is 65.0 cm³/mol. The van der Waals surface area contributed by atoms with Crippen LogP contribution in [0, 0.1) is 5.92 Å². The number of nitrogens with one attached hydrogen (secondary N) is 1. The van der Waals surface area contributed by atoms with Gasteiger partial charge in [-0.05, 0) is 33.7 Å². The first-order chi connectivity index (χ1) is 7.99. The van der Waals surface area contributed by atoms with E-state index in [9.17, 15) is 4.79 Å². The summed E-state index contributed by atoms with van der Waals surface area (Å²) in [5, 5.41) is 3.10. The van der Waals surface area contributed by atoms with Gasteiger partial charge in [-0.1, -0.05) is 0 Å². The minimum absolute atomic E-state index is 0.105. The number of hydrogen-bond donors (Lipinski definition) is 1. The number of likely N-dealkylation sites (N-methyl/N-ethyl adjacent to an activating group) is 1. The molecule has 2 aliphatic heterocycles.